The summed E-state index contributed by atoms with van der Waals surface area (Å²) in [5.74, 6) is 1.45. The summed E-state index contributed by atoms with van der Waals surface area (Å²) in [5, 5.41) is 3.44. The molecule has 2 aromatic heterocycles. The number of fused-ring (bicyclic) bond motifs is 1. The average Bonchev–Trinajstić information content (AvgIpc) is 2.92. The fraction of sp³-hybridized carbons (Fsp3) is 0.471. The summed E-state index contributed by atoms with van der Waals surface area (Å²) in [6.45, 7) is 5.10. The fourth-order valence-electron chi connectivity index (χ4n) is 3.01. The minimum absolute atomic E-state index is 0.391. The lowest BCUT2D eigenvalue weighted by molar-refractivity contribution is 0.454. The molecule has 0 saturated heterocycles. The highest BCUT2D eigenvalue weighted by Gasteiger charge is 2.26. The van der Waals surface area contributed by atoms with Gasteiger partial charge in [-0.2, -0.15) is 0 Å². The van der Waals surface area contributed by atoms with Gasteiger partial charge in [0.25, 0.3) is 0 Å². The Bertz CT molecular complexity index is 574. The van der Waals surface area contributed by atoms with Crippen LogP contribution in [-0.4, -0.2) is 11.0 Å². The van der Waals surface area contributed by atoms with Crippen LogP contribution in [0.2, 0.25) is 0 Å². The number of aromatic nitrogens is 1. The molecule has 0 aliphatic heterocycles. The molecule has 3 nitrogen and oxygen atoms in total. The first kappa shape index (κ1) is 13.4. The van der Waals surface area contributed by atoms with Crippen molar-refractivity contribution in [3.05, 3.63) is 53.2 Å². The Balaban J connectivity index is 1.89. The first-order valence-corrected chi connectivity index (χ1v) is 7.49. The van der Waals surface area contributed by atoms with Gasteiger partial charge >= 0.3 is 0 Å². The van der Waals surface area contributed by atoms with E-state index in [1.807, 2.05) is 18.5 Å². The third kappa shape index (κ3) is 2.63. The molecule has 3 heteroatoms. The van der Waals surface area contributed by atoms with Crippen molar-refractivity contribution in [1.29, 1.82) is 0 Å². The number of hydrogen-bond donors (Lipinski definition) is 1. The molecule has 1 aliphatic carbocycles. The molecular weight excluding hydrogens is 248 g/mol. The smallest absolute Gasteiger partial charge is 0.121 e. The van der Waals surface area contributed by atoms with E-state index in [2.05, 4.69) is 36.3 Å². The second-order valence-electron chi connectivity index (χ2n) is 5.83. The van der Waals surface area contributed by atoms with E-state index < -0.39 is 0 Å². The molecule has 20 heavy (non-hydrogen) atoms. The van der Waals surface area contributed by atoms with E-state index in [1.165, 1.54) is 23.2 Å². The normalized spacial score (nSPS) is 18.2. The van der Waals surface area contributed by atoms with E-state index >= 15 is 0 Å². The lowest BCUT2D eigenvalue weighted by Crippen LogP contribution is -2.23. The fourth-order valence-corrected chi connectivity index (χ4v) is 3.01. The minimum Gasteiger partial charge on any atom is -0.468 e. The van der Waals surface area contributed by atoms with Crippen LogP contribution in [0.3, 0.4) is 0 Å². The maximum absolute atomic E-state index is 5.69. The first-order chi connectivity index (χ1) is 9.75. The molecule has 1 unspecified atom stereocenters. The van der Waals surface area contributed by atoms with E-state index in [0.717, 1.165) is 25.1 Å². The molecule has 106 valence electrons. The molecule has 0 aromatic carbocycles. The van der Waals surface area contributed by atoms with E-state index in [0.29, 0.717) is 12.0 Å². The molecule has 1 aliphatic rings. The second-order valence-corrected chi connectivity index (χ2v) is 5.83. The van der Waals surface area contributed by atoms with Crippen LogP contribution in [0.5, 0.6) is 0 Å². The first-order valence-electron chi connectivity index (χ1n) is 7.49. The van der Waals surface area contributed by atoms with Crippen molar-refractivity contribution >= 4 is 0 Å². The number of nitrogens with one attached hydrogen (secondary N) is 1. The predicted octanol–water partition coefficient (Wildman–Crippen LogP) is 3.64. The maximum Gasteiger partial charge on any atom is 0.121 e. The third-order valence-electron chi connectivity index (χ3n) is 4.02. The third-order valence-corrected chi connectivity index (χ3v) is 4.02. The number of rotatable bonds is 4. The molecule has 1 atom stereocenters. The molecule has 0 spiro atoms. The number of aryl methyl sites for hydroxylation is 1. The van der Waals surface area contributed by atoms with E-state index in [4.69, 9.17) is 4.42 Å². The molecule has 0 fully saturated rings. The highest BCUT2D eigenvalue weighted by molar-refractivity contribution is 5.36. The predicted molar refractivity (Wildman–Crippen MR) is 79.7 cm³/mol. The summed E-state index contributed by atoms with van der Waals surface area (Å²) < 4.78 is 5.69. The van der Waals surface area contributed by atoms with Gasteiger partial charge in [-0.1, -0.05) is 19.9 Å². The lowest BCUT2D eigenvalue weighted by atomic mass is 9.82. The van der Waals surface area contributed by atoms with Crippen LogP contribution >= 0.6 is 0 Å². The summed E-state index contributed by atoms with van der Waals surface area (Å²) in [5.41, 5.74) is 3.94. The maximum atomic E-state index is 5.69. The van der Waals surface area contributed by atoms with Gasteiger partial charge in [0.15, 0.2) is 0 Å². The standard InChI is InChI=1S/C17H22N2O/c1-12(2)19-11-16-14(8-10-20-16)15-7-3-5-13-6-4-9-18-17(13)15/h4,6,8-10,12,15,19H,3,5,7,11H2,1-2H3. The van der Waals surface area contributed by atoms with Gasteiger partial charge in [0.2, 0.25) is 0 Å². The Morgan fingerprint density at radius 1 is 1.40 bits per heavy atom. The van der Waals surface area contributed by atoms with Crippen LogP contribution in [0, 0.1) is 0 Å². The van der Waals surface area contributed by atoms with Crippen molar-refractivity contribution in [3.63, 3.8) is 0 Å². The summed E-state index contributed by atoms with van der Waals surface area (Å²) in [6.07, 6.45) is 7.26. The van der Waals surface area contributed by atoms with Gasteiger partial charge in [-0.15, -0.1) is 0 Å². The summed E-state index contributed by atoms with van der Waals surface area (Å²) in [4.78, 5) is 4.63. The zero-order chi connectivity index (χ0) is 13.9. The Labute approximate surface area is 120 Å². The van der Waals surface area contributed by atoms with Gasteiger partial charge in [-0.05, 0) is 37.0 Å². The Morgan fingerprint density at radius 3 is 3.15 bits per heavy atom. The van der Waals surface area contributed by atoms with Crippen LogP contribution in [0.15, 0.2) is 35.1 Å². The van der Waals surface area contributed by atoms with E-state index in [9.17, 15) is 0 Å². The minimum atomic E-state index is 0.391. The molecule has 2 heterocycles. The van der Waals surface area contributed by atoms with Gasteiger partial charge in [-0.3, -0.25) is 4.98 Å². The summed E-state index contributed by atoms with van der Waals surface area (Å²) >= 11 is 0. The van der Waals surface area contributed by atoms with Crippen molar-refractivity contribution in [2.75, 3.05) is 0 Å². The van der Waals surface area contributed by atoms with Gasteiger partial charge in [-0.25, -0.2) is 0 Å². The molecular formula is C17H22N2O. The SMILES string of the molecule is CC(C)NCc1occc1C1CCCc2cccnc21. The van der Waals surface area contributed by atoms with Crippen LogP contribution < -0.4 is 5.32 Å². The van der Waals surface area contributed by atoms with Gasteiger partial charge in [0.05, 0.1) is 18.5 Å². The Kier molecular flexibility index (Phi) is 3.88. The Hall–Kier alpha value is -1.61. The lowest BCUT2D eigenvalue weighted by Gasteiger charge is -2.24. The molecule has 0 radical (unpaired) electrons. The van der Waals surface area contributed by atoms with Crippen LogP contribution in [-0.2, 0) is 13.0 Å². The van der Waals surface area contributed by atoms with Crippen LogP contribution in [0.1, 0.15) is 55.2 Å². The van der Waals surface area contributed by atoms with Crippen molar-refractivity contribution < 1.29 is 4.42 Å². The summed E-state index contributed by atoms with van der Waals surface area (Å²) in [7, 11) is 0. The quantitative estimate of drug-likeness (QED) is 0.921. The van der Waals surface area contributed by atoms with Crippen LogP contribution in [0.4, 0.5) is 0 Å². The van der Waals surface area contributed by atoms with Crippen molar-refractivity contribution in [3.8, 4) is 0 Å². The van der Waals surface area contributed by atoms with Crippen molar-refractivity contribution in [2.45, 2.75) is 51.6 Å². The van der Waals surface area contributed by atoms with Crippen molar-refractivity contribution in [2.24, 2.45) is 0 Å². The molecule has 0 saturated carbocycles. The highest BCUT2D eigenvalue weighted by Crippen LogP contribution is 2.37. The topological polar surface area (TPSA) is 38.1 Å². The highest BCUT2D eigenvalue weighted by atomic mass is 16.3. The summed E-state index contributed by atoms with van der Waals surface area (Å²) in [6, 6.07) is 6.83. The number of furan rings is 1. The van der Waals surface area contributed by atoms with Crippen LogP contribution in [0.25, 0.3) is 0 Å². The zero-order valence-electron chi connectivity index (χ0n) is 12.2. The Morgan fingerprint density at radius 2 is 2.30 bits per heavy atom. The second kappa shape index (κ2) is 5.80. The van der Waals surface area contributed by atoms with E-state index in [-0.39, 0.29) is 0 Å². The van der Waals surface area contributed by atoms with Gasteiger partial charge < -0.3 is 9.73 Å². The molecule has 0 amide bonds. The van der Waals surface area contributed by atoms with Gasteiger partial charge in [0.1, 0.15) is 5.76 Å². The number of nitrogens with zero attached hydrogens (tertiary/aromatic N) is 1. The number of hydrogen-bond acceptors (Lipinski definition) is 3. The monoisotopic (exact) mass is 270 g/mol. The van der Waals surface area contributed by atoms with Gasteiger partial charge in [0, 0.05) is 23.7 Å². The zero-order valence-corrected chi connectivity index (χ0v) is 12.2. The average molecular weight is 270 g/mol. The molecule has 0 bridgehead atoms. The number of pyridine rings is 1. The molecule has 1 N–H and O–H groups in total. The molecule has 3 rings (SSSR count). The molecule has 2 aromatic rings. The van der Waals surface area contributed by atoms with Crippen molar-refractivity contribution in [1.82, 2.24) is 10.3 Å². The van der Waals surface area contributed by atoms with E-state index in [1.54, 1.807) is 0 Å². The largest absolute Gasteiger partial charge is 0.468 e.